The fourth-order valence-electron chi connectivity index (χ4n) is 3.50. The van der Waals surface area contributed by atoms with Crippen molar-refractivity contribution in [1.82, 2.24) is 15.1 Å². The quantitative estimate of drug-likeness (QED) is 0.656. The van der Waals surface area contributed by atoms with Gasteiger partial charge in [-0.3, -0.25) is 14.4 Å². The lowest BCUT2D eigenvalue weighted by Gasteiger charge is -2.34. The molecule has 0 aromatic rings. The van der Waals surface area contributed by atoms with Crippen molar-refractivity contribution in [2.24, 2.45) is 11.7 Å². The zero-order valence-electron chi connectivity index (χ0n) is 13.9. The topological polar surface area (TPSA) is 95.7 Å². The Labute approximate surface area is 137 Å². The summed E-state index contributed by atoms with van der Waals surface area (Å²) in [5, 5.41) is 2.96. The van der Waals surface area contributed by atoms with Gasteiger partial charge in [-0.2, -0.15) is 0 Å². The van der Waals surface area contributed by atoms with Crippen molar-refractivity contribution >= 4 is 17.7 Å². The van der Waals surface area contributed by atoms with Crippen LogP contribution >= 0.6 is 0 Å². The van der Waals surface area contributed by atoms with E-state index in [0.29, 0.717) is 32.1 Å². The highest BCUT2D eigenvalue weighted by Crippen LogP contribution is 2.26. The second-order valence-electron chi connectivity index (χ2n) is 6.42. The van der Waals surface area contributed by atoms with E-state index in [1.165, 1.54) is 29.1 Å². The smallest absolute Gasteiger partial charge is 0.312 e. The molecule has 1 heterocycles. The minimum Gasteiger partial charge on any atom is -0.350 e. The van der Waals surface area contributed by atoms with Gasteiger partial charge in [0.15, 0.2) is 0 Å². The molecule has 2 rings (SSSR count). The average molecular weight is 324 g/mol. The predicted octanol–water partition coefficient (Wildman–Crippen LogP) is -0.299. The van der Waals surface area contributed by atoms with E-state index in [1.54, 1.807) is 0 Å². The first-order chi connectivity index (χ1) is 11.1. The van der Waals surface area contributed by atoms with E-state index in [9.17, 15) is 14.4 Å². The van der Waals surface area contributed by atoms with E-state index >= 15 is 0 Å². The van der Waals surface area contributed by atoms with E-state index in [0.717, 1.165) is 12.8 Å². The summed E-state index contributed by atoms with van der Waals surface area (Å²) in [5.74, 6) is -0.909. The van der Waals surface area contributed by atoms with Crippen LogP contribution in [0.1, 0.15) is 39.0 Å². The number of piperazine rings is 1. The van der Waals surface area contributed by atoms with Crippen LogP contribution < -0.4 is 11.1 Å². The highest BCUT2D eigenvalue weighted by molar-refractivity contribution is 6.35. The third kappa shape index (κ3) is 4.43. The standard InChI is InChI=1S/C16H28N4O3/c1-2-19-8-9-20(16(23)15(19)22)11-14(21)18-13(10-17)12-6-4-3-5-7-12/h12-13H,2-11,17H2,1H3,(H,18,21). The second kappa shape index (κ2) is 8.29. The van der Waals surface area contributed by atoms with Gasteiger partial charge in [0.2, 0.25) is 5.91 Å². The summed E-state index contributed by atoms with van der Waals surface area (Å²) >= 11 is 0. The largest absolute Gasteiger partial charge is 0.350 e. The Bertz CT molecular complexity index is 449. The molecular formula is C16H28N4O3. The van der Waals surface area contributed by atoms with Crippen LogP contribution in [0.3, 0.4) is 0 Å². The van der Waals surface area contributed by atoms with E-state index in [-0.39, 0.29) is 18.5 Å². The Balaban J connectivity index is 1.86. The Kier molecular flexibility index (Phi) is 6.38. The summed E-state index contributed by atoms with van der Waals surface area (Å²) in [5.41, 5.74) is 5.81. The highest BCUT2D eigenvalue weighted by Gasteiger charge is 2.33. The maximum absolute atomic E-state index is 12.2. The van der Waals surface area contributed by atoms with Crippen LogP contribution in [0.4, 0.5) is 0 Å². The zero-order valence-corrected chi connectivity index (χ0v) is 13.9. The molecule has 1 aliphatic carbocycles. The van der Waals surface area contributed by atoms with Gasteiger partial charge in [0.25, 0.3) is 0 Å². The molecule has 0 spiro atoms. The maximum Gasteiger partial charge on any atom is 0.312 e. The number of nitrogens with one attached hydrogen (secondary N) is 1. The molecule has 2 aliphatic rings. The van der Waals surface area contributed by atoms with Crippen molar-refractivity contribution < 1.29 is 14.4 Å². The maximum atomic E-state index is 12.2. The number of carbonyl (C=O) groups is 3. The van der Waals surface area contributed by atoms with Crippen molar-refractivity contribution in [3.8, 4) is 0 Å². The fraction of sp³-hybridized carbons (Fsp3) is 0.812. The molecule has 1 saturated carbocycles. The third-order valence-electron chi connectivity index (χ3n) is 4.93. The van der Waals surface area contributed by atoms with Crippen molar-refractivity contribution in [1.29, 1.82) is 0 Å². The summed E-state index contributed by atoms with van der Waals surface area (Å²) in [6, 6.07) is -0.0365. The number of carbonyl (C=O) groups excluding carboxylic acids is 3. The van der Waals surface area contributed by atoms with Crippen LogP contribution in [-0.2, 0) is 14.4 Å². The van der Waals surface area contributed by atoms with Gasteiger partial charge >= 0.3 is 11.8 Å². The van der Waals surface area contributed by atoms with E-state index in [4.69, 9.17) is 5.73 Å². The molecule has 2 fully saturated rings. The number of likely N-dealkylation sites (N-methyl/N-ethyl adjacent to an activating group) is 1. The van der Waals surface area contributed by atoms with Crippen molar-refractivity contribution in [3.05, 3.63) is 0 Å². The molecular weight excluding hydrogens is 296 g/mol. The summed E-state index contributed by atoms with van der Waals surface area (Å²) in [6.45, 7) is 3.59. The van der Waals surface area contributed by atoms with Crippen LogP contribution in [0.2, 0.25) is 0 Å². The SMILES string of the molecule is CCN1CCN(CC(=O)NC(CN)C2CCCCC2)C(=O)C1=O. The molecule has 1 saturated heterocycles. The minimum atomic E-state index is -0.588. The first kappa shape index (κ1) is 17.7. The van der Waals surface area contributed by atoms with Gasteiger partial charge in [-0.15, -0.1) is 0 Å². The molecule has 1 aliphatic heterocycles. The van der Waals surface area contributed by atoms with Crippen LogP contribution in [0.25, 0.3) is 0 Å². The summed E-state index contributed by atoms with van der Waals surface area (Å²) in [4.78, 5) is 38.9. The Morgan fingerprint density at radius 3 is 2.39 bits per heavy atom. The Hall–Kier alpha value is -1.63. The normalized spacial score (nSPS) is 21.5. The molecule has 7 heteroatoms. The van der Waals surface area contributed by atoms with Gasteiger partial charge in [-0.05, 0) is 25.7 Å². The number of hydrogen-bond donors (Lipinski definition) is 2. The number of nitrogens with two attached hydrogens (primary N) is 1. The molecule has 0 bridgehead atoms. The van der Waals surface area contributed by atoms with Gasteiger partial charge in [-0.1, -0.05) is 19.3 Å². The molecule has 1 atom stereocenters. The third-order valence-corrected chi connectivity index (χ3v) is 4.93. The summed E-state index contributed by atoms with van der Waals surface area (Å²) in [7, 11) is 0. The molecule has 0 radical (unpaired) electrons. The van der Waals surface area contributed by atoms with Gasteiger partial charge in [0, 0.05) is 32.2 Å². The van der Waals surface area contributed by atoms with Gasteiger partial charge in [0.1, 0.15) is 6.54 Å². The molecule has 7 nitrogen and oxygen atoms in total. The monoisotopic (exact) mass is 324 g/mol. The number of amides is 3. The fourth-order valence-corrected chi connectivity index (χ4v) is 3.50. The zero-order chi connectivity index (χ0) is 16.8. The molecule has 0 aromatic carbocycles. The van der Waals surface area contributed by atoms with Crippen molar-refractivity contribution in [2.45, 2.75) is 45.1 Å². The number of nitrogens with zero attached hydrogens (tertiary/aromatic N) is 2. The lowest BCUT2D eigenvalue weighted by atomic mass is 9.84. The lowest BCUT2D eigenvalue weighted by molar-refractivity contribution is -0.156. The molecule has 1 unspecified atom stereocenters. The van der Waals surface area contributed by atoms with Gasteiger partial charge in [0.05, 0.1) is 0 Å². The lowest BCUT2D eigenvalue weighted by Crippen LogP contribution is -2.57. The molecule has 130 valence electrons. The highest BCUT2D eigenvalue weighted by atomic mass is 16.2. The van der Waals surface area contributed by atoms with Gasteiger partial charge < -0.3 is 20.9 Å². The number of hydrogen-bond acceptors (Lipinski definition) is 4. The first-order valence-electron chi connectivity index (χ1n) is 8.64. The van der Waals surface area contributed by atoms with Crippen molar-refractivity contribution in [2.75, 3.05) is 32.7 Å². The summed E-state index contributed by atoms with van der Waals surface area (Å²) < 4.78 is 0. The van der Waals surface area contributed by atoms with E-state index < -0.39 is 11.8 Å². The second-order valence-corrected chi connectivity index (χ2v) is 6.42. The number of rotatable bonds is 6. The molecule has 3 N–H and O–H groups in total. The molecule has 23 heavy (non-hydrogen) atoms. The average Bonchev–Trinajstić information content (AvgIpc) is 2.58. The van der Waals surface area contributed by atoms with E-state index in [2.05, 4.69) is 5.32 Å². The Morgan fingerprint density at radius 2 is 1.78 bits per heavy atom. The molecule has 0 aromatic heterocycles. The van der Waals surface area contributed by atoms with Crippen molar-refractivity contribution in [3.63, 3.8) is 0 Å². The summed E-state index contributed by atoms with van der Waals surface area (Å²) in [6.07, 6.45) is 5.80. The molecule has 3 amide bonds. The predicted molar refractivity (Wildman–Crippen MR) is 86.4 cm³/mol. The van der Waals surface area contributed by atoms with Crippen LogP contribution in [0, 0.1) is 5.92 Å². The minimum absolute atomic E-state index is 0.0365. The van der Waals surface area contributed by atoms with Gasteiger partial charge in [-0.25, -0.2) is 0 Å². The van der Waals surface area contributed by atoms with E-state index in [1.807, 2.05) is 6.92 Å². The van der Waals surface area contributed by atoms with Crippen LogP contribution in [0.15, 0.2) is 0 Å². The van der Waals surface area contributed by atoms with Crippen LogP contribution in [0.5, 0.6) is 0 Å². The Morgan fingerprint density at radius 1 is 1.17 bits per heavy atom. The van der Waals surface area contributed by atoms with Crippen LogP contribution in [-0.4, -0.2) is 66.3 Å². The first-order valence-corrected chi connectivity index (χ1v) is 8.64.